The zero-order chi connectivity index (χ0) is 16.2. The number of nitrogens with zero attached hydrogens (tertiary/aromatic N) is 1. The minimum absolute atomic E-state index is 0.0231. The maximum absolute atomic E-state index is 12.2. The van der Waals surface area contributed by atoms with E-state index in [9.17, 15) is 9.59 Å². The molecule has 3 rings (SSSR count). The van der Waals surface area contributed by atoms with Gasteiger partial charge in [-0.15, -0.1) is 0 Å². The van der Waals surface area contributed by atoms with E-state index < -0.39 is 0 Å². The molecular weight excluding hydrogens is 288 g/mol. The largest absolute Gasteiger partial charge is 0.352 e. The van der Waals surface area contributed by atoms with Crippen LogP contribution in [0.5, 0.6) is 0 Å². The molecule has 2 fully saturated rings. The lowest BCUT2D eigenvalue weighted by Crippen LogP contribution is -2.34. The highest BCUT2D eigenvalue weighted by molar-refractivity contribution is 5.97. The van der Waals surface area contributed by atoms with Gasteiger partial charge >= 0.3 is 0 Å². The van der Waals surface area contributed by atoms with Crippen molar-refractivity contribution >= 4 is 11.7 Å². The molecule has 4 heteroatoms. The van der Waals surface area contributed by atoms with Crippen molar-refractivity contribution in [2.24, 2.45) is 5.92 Å². The van der Waals surface area contributed by atoms with E-state index in [-0.39, 0.29) is 11.7 Å². The van der Waals surface area contributed by atoms with Crippen molar-refractivity contribution in [1.29, 1.82) is 0 Å². The molecule has 23 heavy (non-hydrogen) atoms. The summed E-state index contributed by atoms with van der Waals surface area (Å²) in [4.78, 5) is 26.1. The number of rotatable bonds is 5. The Morgan fingerprint density at radius 1 is 1.09 bits per heavy atom. The Bertz CT molecular complexity index is 561. The van der Waals surface area contributed by atoms with Crippen LogP contribution < -0.4 is 5.32 Å². The number of likely N-dealkylation sites (tertiary alicyclic amines) is 1. The monoisotopic (exact) mass is 314 g/mol. The van der Waals surface area contributed by atoms with Crippen LogP contribution in [0.3, 0.4) is 0 Å². The van der Waals surface area contributed by atoms with Gasteiger partial charge in [0.25, 0.3) is 5.91 Å². The molecule has 1 amide bonds. The molecular formula is C19H26N2O2. The summed E-state index contributed by atoms with van der Waals surface area (Å²) in [6, 6.07) is 7.68. The van der Waals surface area contributed by atoms with Gasteiger partial charge < -0.3 is 10.2 Å². The highest BCUT2D eigenvalue weighted by atomic mass is 16.1. The molecule has 1 heterocycles. The number of carbonyl (C=O) groups excluding carboxylic acids is 2. The number of ketones is 1. The number of nitrogens with one attached hydrogen (secondary N) is 1. The predicted octanol–water partition coefficient (Wildman–Crippen LogP) is 2.88. The fourth-order valence-electron chi connectivity index (χ4n) is 3.83. The van der Waals surface area contributed by atoms with Crippen LogP contribution in [0.15, 0.2) is 24.3 Å². The third-order valence-corrected chi connectivity index (χ3v) is 5.26. The second-order valence-electron chi connectivity index (χ2n) is 6.93. The minimum atomic E-state index is -0.0422. The van der Waals surface area contributed by atoms with Crippen LogP contribution >= 0.6 is 0 Å². The van der Waals surface area contributed by atoms with Crippen molar-refractivity contribution in [3.05, 3.63) is 35.4 Å². The molecule has 1 aromatic rings. The van der Waals surface area contributed by atoms with Gasteiger partial charge in [-0.25, -0.2) is 0 Å². The molecule has 0 aromatic heterocycles. The summed E-state index contributed by atoms with van der Waals surface area (Å²) < 4.78 is 0. The molecule has 1 aliphatic heterocycles. The average Bonchev–Trinajstić information content (AvgIpc) is 3.23. The molecule has 1 aliphatic carbocycles. The second kappa shape index (κ2) is 7.26. The molecule has 0 spiro atoms. The van der Waals surface area contributed by atoms with Gasteiger partial charge in [-0.3, -0.25) is 9.59 Å². The molecule has 0 unspecified atom stereocenters. The fraction of sp³-hybridized carbons (Fsp3) is 0.579. The molecule has 0 bridgehead atoms. The highest BCUT2D eigenvalue weighted by Gasteiger charge is 2.29. The molecule has 0 radical (unpaired) electrons. The van der Waals surface area contributed by atoms with E-state index in [1.807, 2.05) is 0 Å². The zero-order valence-electron chi connectivity index (χ0n) is 13.9. The summed E-state index contributed by atoms with van der Waals surface area (Å²) >= 11 is 0. The van der Waals surface area contributed by atoms with Gasteiger partial charge in [0.1, 0.15) is 0 Å². The van der Waals surface area contributed by atoms with E-state index in [0.29, 0.717) is 17.0 Å². The van der Waals surface area contributed by atoms with Gasteiger partial charge in [-0.05, 0) is 50.8 Å². The van der Waals surface area contributed by atoms with Crippen molar-refractivity contribution < 1.29 is 9.59 Å². The first-order valence-corrected chi connectivity index (χ1v) is 8.77. The summed E-state index contributed by atoms with van der Waals surface area (Å²) in [6.07, 6.45) is 6.63. The molecule has 4 nitrogen and oxygen atoms in total. The SMILES string of the molecule is CC(=O)c1ccc(C(=O)NC[C@@H]2CCN(C3CCCC3)C2)cc1. The topological polar surface area (TPSA) is 49.4 Å². The lowest BCUT2D eigenvalue weighted by molar-refractivity contribution is 0.0945. The molecule has 1 N–H and O–H groups in total. The number of carbonyl (C=O) groups is 2. The van der Waals surface area contributed by atoms with Crippen molar-refractivity contribution in [2.75, 3.05) is 19.6 Å². The van der Waals surface area contributed by atoms with E-state index >= 15 is 0 Å². The number of Topliss-reactive ketones (excluding diaryl/α,β-unsaturated/α-hetero) is 1. The molecule has 1 atom stereocenters. The molecule has 2 aliphatic rings. The normalized spacial score (nSPS) is 22.4. The van der Waals surface area contributed by atoms with E-state index in [1.54, 1.807) is 24.3 Å². The Hall–Kier alpha value is -1.68. The van der Waals surface area contributed by atoms with E-state index in [2.05, 4.69) is 10.2 Å². The molecule has 1 aromatic carbocycles. The maximum Gasteiger partial charge on any atom is 0.251 e. The molecule has 124 valence electrons. The summed E-state index contributed by atoms with van der Waals surface area (Å²) in [7, 11) is 0. The average molecular weight is 314 g/mol. The molecule has 1 saturated heterocycles. The first-order chi connectivity index (χ1) is 11.1. The standard InChI is InChI=1S/C19H26N2O2/c1-14(22)16-6-8-17(9-7-16)19(23)20-12-15-10-11-21(13-15)18-4-2-3-5-18/h6-9,15,18H,2-5,10-13H2,1H3,(H,20,23)/t15-/m0/s1. The van der Waals surface area contributed by atoms with Crippen LogP contribution in [0.1, 0.15) is 59.7 Å². The van der Waals surface area contributed by atoms with Crippen LogP contribution in [0.25, 0.3) is 0 Å². The second-order valence-corrected chi connectivity index (χ2v) is 6.93. The Morgan fingerprint density at radius 2 is 1.74 bits per heavy atom. The van der Waals surface area contributed by atoms with Crippen LogP contribution in [0.2, 0.25) is 0 Å². The van der Waals surface area contributed by atoms with Crippen molar-refractivity contribution in [3.8, 4) is 0 Å². The summed E-state index contributed by atoms with van der Waals surface area (Å²) in [5.74, 6) is 0.547. The van der Waals surface area contributed by atoms with Gasteiger partial charge in [-0.1, -0.05) is 25.0 Å². The Labute approximate surface area is 138 Å². The van der Waals surface area contributed by atoms with Gasteiger partial charge in [0.05, 0.1) is 0 Å². The summed E-state index contributed by atoms with van der Waals surface area (Å²) in [6.45, 7) is 4.58. The fourth-order valence-corrected chi connectivity index (χ4v) is 3.83. The molecule has 1 saturated carbocycles. The third-order valence-electron chi connectivity index (χ3n) is 5.26. The van der Waals surface area contributed by atoms with Crippen LogP contribution in [0.4, 0.5) is 0 Å². The smallest absolute Gasteiger partial charge is 0.251 e. The van der Waals surface area contributed by atoms with Gasteiger partial charge in [0.2, 0.25) is 0 Å². The first-order valence-electron chi connectivity index (χ1n) is 8.77. The lowest BCUT2D eigenvalue weighted by atomic mass is 10.1. The summed E-state index contributed by atoms with van der Waals surface area (Å²) in [5.41, 5.74) is 1.27. The summed E-state index contributed by atoms with van der Waals surface area (Å²) in [5, 5.41) is 3.05. The van der Waals surface area contributed by atoms with Gasteiger partial charge in [0, 0.05) is 30.3 Å². The Kier molecular flexibility index (Phi) is 5.11. The van der Waals surface area contributed by atoms with E-state index in [1.165, 1.54) is 45.6 Å². The predicted molar refractivity (Wildman–Crippen MR) is 90.7 cm³/mol. The lowest BCUT2D eigenvalue weighted by Gasteiger charge is -2.23. The first kappa shape index (κ1) is 16.2. The number of hydrogen-bond donors (Lipinski definition) is 1. The zero-order valence-corrected chi connectivity index (χ0v) is 13.9. The minimum Gasteiger partial charge on any atom is -0.352 e. The number of hydrogen-bond acceptors (Lipinski definition) is 3. The Balaban J connectivity index is 1.46. The highest BCUT2D eigenvalue weighted by Crippen LogP contribution is 2.28. The van der Waals surface area contributed by atoms with E-state index in [0.717, 1.165) is 19.1 Å². The number of amides is 1. The third kappa shape index (κ3) is 3.99. The Morgan fingerprint density at radius 3 is 2.39 bits per heavy atom. The van der Waals surface area contributed by atoms with Gasteiger partial charge in [-0.2, -0.15) is 0 Å². The maximum atomic E-state index is 12.2. The van der Waals surface area contributed by atoms with Crippen LogP contribution in [-0.2, 0) is 0 Å². The van der Waals surface area contributed by atoms with Crippen molar-refractivity contribution in [1.82, 2.24) is 10.2 Å². The van der Waals surface area contributed by atoms with Crippen LogP contribution in [-0.4, -0.2) is 42.3 Å². The number of benzene rings is 1. The van der Waals surface area contributed by atoms with Crippen LogP contribution in [0, 0.1) is 5.92 Å². The van der Waals surface area contributed by atoms with Crippen molar-refractivity contribution in [3.63, 3.8) is 0 Å². The van der Waals surface area contributed by atoms with Crippen molar-refractivity contribution in [2.45, 2.75) is 45.1 Å². The van der Waals surface area contributed by atoms with Gasteiger partial charge in [0.15, 0.2) is 5.78 Å². The van der Waals surface area contributed by atoms with E-state index in [4.69, 9.17) is 0 Å². The quantitative estimate of drug-likeness (QED) is 0.850.